The maximum atomic E-state index is 11.9. The Morgan fingerprint density at radius 1 is 1.35 bits per heavy atom. The molecule has 6 heteroatoms. The fourth-order valence-electron chi connectivity index (χ4n) is 2.11. The Morgan fingerprint density at radius 3 is 2.55 bits per heavy atom. The van der Waals surface area contributed by atoms with Crippen LogP contribution in [0.2, 0.25) is 0 Å². The van der Waals surface area contributed by atoms with Crippen molar-refractivity contribution in [2.24, 2.45) is 5.92 Å². The molecule has 0 aromatic heterocycles. The van der Waals surface area contributed by atoms with Gasteiger partial charge in [-0.15, -0.1) is 0 Å². The number of urea groups is 1. The van der Waals surface area contributed by atoms with Crippen molar-refractivity contribution < 1.29 is 14.7 Å². The fraction of sp³-hybridized carbons (Fsp3) is 0.357. The van der Waals surface area contributed by atoms with Gasteiger partial charge in [-0.1, -0.05) is 12.1 Å². The number of hydrogen-bond acceptors (Lipinski definition) is 3. The number of carboxylic acids is 1. The van der Waals surface area contributed by atoms with Crippen LogP contribution in [0.4, 0.5) is 10.5 Å². The molecule has 1 aromatic carbocycles. The number of carbonyl (C=O) groups excluding carboxylic acids is 1. The van der Waals surface area contributed by atoms with Crippen LogP contribution in [0.15, 0.2) is 24.3 Å². The van der Waals surface area contributed by atoms with Crippen molar-refractivity contribution >= 4 is 17.7 Å². The first-order valence-electron chi connectivity index (χ1n) is 6.32. The quantitative estimate of drug-likeness (QED) is 0.873. The number of benzene rings is 1. The van der Waals surface area contributed by atoms with E-state index in [1.54, 1.807) is 29.2 Å². The lowest BCUT2D eigenvalue weighted by molar-refractivity contribution is -0.139. The van der Waals surface area contributed by atoms with Gasteiger partial charge >= 0.3 is 12.0 Å². The molecule has 104 valence electrons. The molecule has 0 aliphatic carbocycles. The highest BCUT2D eigenvalue weighted by Crippen LogP contribution is 2.20. The molecular weight excluding hydrogens is 258 g/mol. The van der Waals surface area contributed by atoms with E-state index in [0.29, 0.717) is 25.2 Å². The maximum Gasteiger partial charge on any atom is 0.321 e. The Kier molecular flexibility index (Phi) is 4.20. The van der Waals surface area contributed by atoms with Crippen LogP contribution in [0.25, 0.3) is 0 Å². The third-order valence-electron chi connectivity index (χ3n) is 3.20. The van der Waals surface area contributed by atoms with Gasteiger partial charge in [-0.05, 0) is 17.7 Å². The molecule has 1 fully saturated rings. The molecule has 0 radical (unpaired) electrons. The summed E-state index contributed by atoms with van der Waals surface area (Å²) in [5.74, 6) is -0.778. The number of hydrogen-bond donors (Lipinski definition) is 2. The van der Waals surface area contributed by atoms with E-state index in [0.717, 1.165) is 5.56 Å². The van der Waals surface area contributed by atoms with Crippen molar-refractivity contribution in [3.8, 4) is 6.07 Å². The predicted octanol–water partition coefficient (Wildman–Crippen LogP) is 1.69. The molecule has 0 saturated carbocycles. The zero-order valence-electron chi connectivity index (χ0n) is 10.9. The molecule has 0 bridgehead atoms. The third kappa shape index (κ3) is 3.48. The molecule has 6 nitrogen and oxygen atoms in total. The zero-order chi connectivity index (χ0) is 14.5. The van der Waals surface area contributed by atoms with Gasteiger partial charge in [0.25, 0.3) is 0 Å². The topological polar surface area (TPSA) is 93.4 Å². The van der Waals surface area contributed by atoms with Crippen LogP contribution in [0.5, 0.6) is 0 Å². The van der Waals surface area contributed by atoms with E-state index in [4.69, 9.17) is 10.4 Å². The standard InChI is InChI=1S/C14H15N3O3/c15-6-5-10-1-3-12(4-2-10)16-14(20)17-8-11(9-17)7-13(18)19/h1-4,11H,5,7-9H2,(H,16,20)(H,18,19). The van der Waals surface area contributed by atoms with Crippen molar-refractivity contribution in [1.82, 2.24) is 4.90 Å². The lowest BCUT2D eigenvalue weighted by Crippen LogP contribution is -2.52. The molecule has 20 heavy (non-hydrogen) atoms. The molecule has 0 unspecified atom stereocenters. The van der Waals surface area contributed by atoms with Crippen LogP contribution in [0, 0.1) is 17.2 Å². The van der Waals surface area contributed by atoms with Gasteiger partial charge in [0.15, 0.2) is 0 Å². The minimum Gasteiger partial charge on any atom is -0.481 e. The first-order valence-corrected chi connectivity index (χ1v) is 6.32. The van der Waals surface area contributed by atoms with Crippen LogP contribution in [0.1, 0.15) is 12.0 Å². The summed E-state index contributed by atoms with van der Waals surface area (Å²) in [6.45, 7) is 0.954. The number of carbonyl (C=O) groups is 2. The first-order chi connectivity index (χ1) is 9.58. The average Bonchev–Trinajstić information content (AvgIpc) is 2.35. The average molecular weight is 273 g/mol. The summed E-state index contributed by atoms with van der Waals surface area (Å²) in [4.78, 5) is 23.9. The van der Waals surface area contributed by atoms with E-state index < -0.39 is 5.97 Å². The number of nitriles is 1. The van der Waals surface area contributed by atoms with Crippen LogP contribution < -0.4 is 5.32 Å². The van der Waals surface area contributed by atoms with Crippen molar-refractivity contribution in [3.63, 3.8) is 0 Å². The Morgan fingerprint density at radius 2 is 2.00 bits per heavy atom. The lowest BCUT2D eigenvalue weighted by atomic mass is 9.97. The minimum atomic E-state index is -0.830. The van der Waals surface area contributed by atoms with Crippen molar-refractivity contribution in [2.45, 2.75) is 12.8 Å². The molecule has 2 rings (SSSR count). The first kappa shape index (κ1) is 13.9. The van der Waals surface area contributed by atoms with Crippen LogP contribution in [0.3, 0.4) is 0 Å². The van der Waals surface area contributed by atoms with Gasteiger partial charge in [0.05, 0.1) is 18.9 Å². The lowest BCUT2D eigenvalue weighted by Gasteiger charge is -2.38. The summed E-state index contributed by atoms with van der Waals surface area (Å²) >= 11 is 0. The number of anilines is 1. The fourth-order valence-corrected chi connectivity index (χ4v) is 2.11. The van der Waals surface area contributed by atoms with Crippen molar-refractivity contribution in [2.75, 3.05) is 18.4 Å². The van der Waals surface area contributed by atoms with Gasteiger partial charge in [-0.2, -0.15) is 5.26 Å². The van der Waals surface area contributed by atoms with E-state index in [2.05, 4.69) is 11.4 Å². The number of likely N-dealkylation sites (tertiary alicyclic amines) is 1. The van der Waals surface area contributed by atoms with E-state index in [-0.39, 0.29) is 18.4 Å². The third-order valence-corrected chi connectivity index (χ3v) is 3.20. The van der Waals surface area contributed by atoms with E-state index in [9.17, 15) is 9.59 Å². The van der Waals surface area contributed by atoms with Gasteiger partial charge in [0.2, 0.25) is 0 Å². The highest BCUT2D eigenvalue weighted by molar-refractivity contribution is 5.90. The second kappa shape index (κ2) is 6.06. The smallest absolute Gasteiger partial charge is 0.321 e. The number of nitrogens with zero attached hydrogens (tertiary/aromatic N) is 2. The molecule has 1 aromatic rings. The van der Waals surface area contributed by atoms with Crippen LogP contribution in [-0.2, 0) is 11.2 Å². The number of rotatable bonds is 4. The number of carboxylic acid groups (broad SMARTS) is 1. The second-order valence-electron chi connectivity index (χ2n) is 4.83. The second-order valence-corrected chi connectivity index (χ2v) is 4.83. The van der Waals surface area contributed by atoms with Gasteiger partial charge in [0.1, 0.15) is 0 Å². The molecule has 2 N–H and O–H groups in total. The van der Waals surface area contributed by atoms with Gasteiger partial charge in [0, 0.05) is 24.7 Å². The van der Waals surface area contributed by atoms with Crippen molar-refractivity contribution in [3.05, 3.63) is 29.8 Å². The normalized spacial score (nSPS) is 14.2. The van der Waals surface area contributed by atoms with E-state index in [1.807, 2.05) is 0 Å². The molecule has 0 atom stereocenters. The molecule has 1 aliphatic rings. The number of amides is 2. The summed E-state index contributed by atoms with van der Waals surface area (Å²) in [6, 6.07) is 8.92. The van der Waals surface area contributed by atoms with E-state index >= 15 is 0 Å². The SMILES string of the molecule is N#CCc1ccc(NC(=O)N2CC(CC(=O)O)C2)cc1. The summed E-state index contributed by atoms with van der Waals surface area (Å²) in [5.41, 5.74) is 1.56. The highest BCUT2D eigenvalue weighted by Gasteiger charge is 2.31. The van der Waals surface area contributed by atoms with E-state index in [1.165, 1.54) is 0 Å². The van der Waals surface area contributed by atoms with Gasteiger partial charge in [-0.3, -0.25) is 4.79 Å². The highest BCUT2D eigenvalue weighted by atomic mass is 16.4. The predicted molar refractivity (Wildman–Crippen MR) is 72.1 cm³/mol. The number of nitrogens with one attached hydrogen (secondary N) is 1. The molecule has 2 amide bonds. The molecular formula is C14H15N3O3. The Bertz CT molecular complexity index is 542. The van der Waals surface area contributed by atoms with Crippen LogP contribution >= 0.6 is 0 Å². The summed E-state index contributed by atoms with van der Waals surface area (Å²) in [7, 11) is 0. The van der Waals surface area contributed by atoms with Gasteiger partial charge < -0.3 is 15.3 Å². The summed E-state index contributed by atoms with van der Waals surface area (Å²) < 4.78 is 0. The van der Waals surface area contributed by atoms with Crippen molar-refractivity contribution in [1.29, 1.82) is 5.26 Å². The van der Waals surface area contributed by atoms with Gasteiger partial charge in [-0.25, -0.2) is 4.79 Å². The molecule has 1 saturated heterocycles. The zero-order valence-corrected chi connectivity index (χ0v) is 10.9. The summed E-state index contributed by atoms with van der Waals surface area (Å²) in [6.07, 6.45) is 0.448. The maximum absolute atomic E-state index is 11.9. The minimum absolute atomic E-state index is 0.0521. The number of aliphatic carboxylic acids is 1. The Balaban J connectivity index is 1.81. The Labute approximate surface area is 116 Å². The Hall–Kier alpha value is -2.55. The molecule has 1 heterocycles. The monoisotopic (exact) mass is 273 g/mol. The summed E-state index contributed by atoms with van der Waals surface area (Å²) in [5, 5.41) is 19.9. The largest absolute Gasteiger partial charge is 0.481 e. The van der Waals surface area contributed by atoms with Crippen LogP contribution in [-0.4, -0.2) is 35.1 Å². The molecule has 0 spiro atoms. The molecule has 1 aliphatic heterocycles.